The van der Waals surface area contributed by atoms with Crippen LogP contribution in [0, 0.1) is 0 Å². The van der Waals surface area contributed by atoms with E-state index in [9.17, 15) is 4.79 Å². The van der Waals surface area contributed by atoms with Crippen molar-refractivity contribution in [1.29, 1.82) is 0 Å². The minimum atomic E-state index is -0.661. The topological polar surface area (TPSA) is 67.5 Å². The van der Waals surface area contributed by atoms with Gasteiger partial charge in [-0.15, -0.1) is 0 Å². The number of amides is 2. The van der Waals surface area contributed by atoms with Gasteiger partial charge in [0.1, 0.15) is 0 Å². The van der Waals surface area contributed by atoms with Crippen molar-refractivity contribution < 1.29 is 4.79 Å². The molecular formula is C18H19N3O. The molecule has 0 saturated heterocycles. The van der Waals surface area contributed by atoms with E-state index < -0.39 is 6.03 Å². The Morgan fingerprint density at radius 2 is 1.68 bits per heavy atom. The van der Waals surface area contributed by atoms with Crippen molar-refractivity contribution in [2.75, 3.05) is 0 Å². The lowest BCUT2D eigenvalue weighted by Crippen LogP contribution is -2.26. The molecule has 1 aliphatic carbocycles. The second-order valence-corrected chi connectivity index (χ2v) is 5.49. The van der Waals surface area contributed by atoms with Gasteiger partial charge in [0, 0.05) is 11.1 Å². The van der Waals surface area contributed by atoms with Gasteiger partial charge in [-0.25, -0.2) is 10.2 Å². The number of urea groups is 1. The molecule has 2 aromatic rings. The monoisotopic (exact) mass is 293 g/mol. The number of hydrazone groups is 1. The lowest BCUT2D eigenvalue weighted by atomic mass is 9.89. The Morgan fingerprint density at radius 1 is 0.955 bits per heavy atom. The minimum absolute atomic E-state index is 0.661. The van der Waals surface area contributed by atoms with Gasteiger partial charge in [-0.05, 0) is 42.9 Å². The highest BCUT2D eigenvalue weighted by Crippen LogP contribution is 2.23. The van der Waals surface area contributed by atoms with Crippen LogP contribution in [-0.4, -0.2) is 11.7 Å². The largest absolute Gasteiger partial charge is 0.350 e. The number of nitrogens with two attached hydrogens (primary N) is 1. The number of hydrogen-bond donors (Lipinski definition) is 2. The maximum Gasteiger partial charge on any atom is 0.332 e. The molecule has 2 amide bonds. The Morgan fingerprint density at radius 3 is 2.41 bits per heavy atom. The SMILES string of the molecule is NC(=O)NN=C(c1ccccc1)c1ccc2c(c1)CCCC2. The summed E-state index contributed by atoms with van der Waals surface area (Å²) < 4.78 is 0. The summed E-state index contributed by atoms with van der Waals surface area (Å²) in [5, 5.41) is 4.20. The van der Waals surface area contributed by atoms with Gasteiger partial charge in [0.25, 0.3) is 0 Å². The van der Waals surface area contributed by atoms with Crippen LogP contribution in [-0.2, 0) is 12.8 Å². The van der Waals surface area contributed by atoms with Gasteiger partial charge in [0.15, 0.2) is 0 Å². The van der Waals surface area contributed by atoms with Crippen LogP contribution in [0.3, 0.4) is 0 Å². The van der Waals surface area contributed by atoms with Crippen LogP contribution in [0.1, 0.15) is 35.1 Å². The van der Waals surface area contributed by atoms with Crippen LogP contribution >= 0.6 is 0 Å². The summed E-state index contributed by atoms with van der Waals surface area (Å²) in [5.41, 5.74) is 13.0. The number of rotatable bonds is 3. The summed E-state index contributed by atoms with van der Waals surface area (Å²) in [5.74, 6) is 0. The lowest BCUT2D eigenvalue weighted by molar-refractivity contribution is 0.249. The molecule has 4 heteroatoms. The smallest absolute Gasteiger partial charge is 0.332 e. The molecule has 0 heterocycles. The van der Waals surface area contributed by atoms with Crippen molar-refractivity contribution in [3.8, 4) is 0 Å². The Labute approximate surface area is 130 Å². The molecule has 22 heavy (non-hydrogen) atoms. The molecule has 2 aromatic carbocycles. The van der Waals surface area contributed by atoms with Crippen LogP contribution in [0.4, 0.5) is 4.79 Å². The number of benzene rings is 2. The molecule has 0 bridgehead atoms. The first-order valence-corrected chi connectivity index (χ1v) is 7.55. The fraction of sp³-hybridized carbons (Fsp3) is 0.222. The zero-order valence-electron chi connectivity index (χ0n) is 12.4. The quantitative estimate of drug-likeness (QED) is 0.663. The number of nitrogens with zero attached hydrogens (tertiary/aromatic N) is 1. The predicted molar refractivity (Wildman–Crippen MR) is 87.9 cm³/mol. The molecule has 3 N–H and O–H groups in total. The summed E-state index contributed by atoms with van der Waals surface area (Å²) >= 11 is 0. The van der Waals surface area contributed by atoms with Crippen molar-refractivity contribution in [2.45, 2.75) is 25.7 Å². The van der Waals surface area contributed by atoms with E-state index in [0.717, 1.165) is 29.7 Å². The van der Waals surface area contributed by atoms with Crippen LogP contribution in [0.25, 0.3) is 0 Å². The number of carbonyl (C=O) groups excluding carboxylic acids is 1. The third-order valence-electron chi connectivity index (χ3n) is 3.95. The molecule has 0 aromatic heterocycles. The number of aryl methyl sites for hydroxylation is 2. The average Bonchev–Trinajstić information content (AvgIpc) is 2.55. The van der Waals surface area contributed by atoms with E-state index in [1.807, 2.05) is 30.3 Å². The highest BCUT2D eigenvalue weighted by Gasteiger charge is 2.13. The van der Waals surface area contributed by atoms with Crippen LogP contribution in [0.15, 0.2) is 53.6 Å². The van der Waals surface area contributed by atoms with Gasteiger partial charge < -0.3 is 5.73 Å². The van der Waals surface area contributed by atoms with Crippen molar-refractivity contribution in [1.82, 2.24) is 5.43 Å². The predicted octanol–water partition coefficient (Wildman–Crippen LogP) is 2.99. The molecule has 0 unspecified atom stereocenters. The fourth-order valence-electron chi connectivity index (χ4n) is 2.88. The molecule has 112 valence electrons. The van der Waals surface area contributed by atoms with E-state index in [-0.39, 0.29) is 0 Å². The highest BCUT2D eigenvalue weighted by molar-refractivity contribution is 6.13. The first-order valence-electron chi connectivity index (χ1n) is 7.55. The Hall–Kier alpha value is -2.62. The third-order valence-corrected chi connectivity index (χ3v) is 3.95. The molecule has 0 atom stereocenters. The molecule has 0 radical (unpaired) electrons. The van der Waals surface area contributed by atoms with Crippen molar-refractivity contribution in [3.63, 3.8) is 0 Å². The van der Waals surface area contributed by atoms with Gasteiger partial charge in [0.05, 0.1) is 5.71 Å². The molecule has 0 spiro atoms. The fourth-order valence-corrected chi connectivity index (χ4v) is 2.88. The number of carbonyl (C=O) groups is 1. The normalized spacial score (nSPS) is 14.3. The molecule has 4 nitrogen and oxygen atoms in total. The van der Waals surface area contributed by atoms with E-state index in [4.69, 9.17) is 5.73 Å². The number of hydrogen-bond acceptors (Lipinski definition) is 2. The Bertz CT molecular complexity index is 708. The second kappa shape index (κ2) is 6.43. The van der Waals surface area contributed by atoms with Gasteiger partial charge in [-0.3, -0.25) is 0 Å². The summed E-state index contributed by atoms with van der Waals surface area (Å²) in [6.45, 7) is 0. The Balaban J connectivity index is 2.02. The molecule has 1 aliphatic rings. The van der Waals surface area contributed by atoms with E-state index >= 15 is 0 Å². The van der Waals surface area contributed by atoms with E-state index in [0.29, 0.717) is 0 Å². The average molecular weight is 293 g/mol. The van der Waals surface area contributed by atoms with E-state index in [1.54, 1.807) is 0 Å². The van der Waals surface area contributed by atoms with Crippen LogP contribution in [0.5, 0.6) is 0 Å². The van der Waals surface area contributed by atoms with Gasteiger partial charge in [-0.2, -0.15) is 5.10 Å². The van der Waals surface area contributed by atoms with E-state index in [2.05, 4.69) is 28.7 Å². The van der Waals surface area contributed by atoms with Crippen LogP contribution < -0.4 is 11.2 Å². The first-order chi connectivity index (χ1) is 10.7. The van der Waals surface area contributed by atoms with Crippen molar-refractivity contribution in [2.24, 2.45) is 10.8 Å². The zero-order chi connectivity index (χ0) is 15.4. The third kappa shape index (κ3) is 3.17. The zero-order valence-corrected chi connectivity index (χ0v) is 12.4. The number of fused-ring (bicyclic) bond motifs is 1. The van der Waals surface area contributed by atoms with Gasteiger partial charge >= 0.3 is 6.03 Å². The summed E-state index contributed by atoms with van der Waals surface area (Å²) in [7, 11) is 0. The summed E-state index contributed by atoms with van der Waals surface area (Å²) in [6, 6.07) is 15.6. The lowest BCUT2D eigenvalue weighted by Gasteiger charge is -2.17. The Kier molecular flexibility index (Phi) is 4.19. The van der Waals surface area contributed by atoms with Crippen LogP contribution in [0.2, 0.25) is 0 Å². The maximum absolute atomic E-state index is 11.0. The number of nitrogens with one attached hydrogen (secondary N) is 1. The van der Waals surface area contributed by atoms with Gasteiger partial charge in [0.2, 0.25) is 0 Å². The molecule has 3 rings (SSSR count). The first kappa shape index (κ1) is 14.3. The molecule has 0 saturated carbocycles. The standard InChI is InChI=1S/C18H19N3O/c19-18(22)21-20-17(14-7-2-1-3-8-14)16-11-10-13-6-4-5-9-15(13)12-16/h1-3,7-8,10-12H,4-6,9H2,(H3,19,21,22). The van der Waals surface area contributed by atoms with Crippen molar-refractivity contribution in [3.05, 3.63) is 70.8 Å². The molecular weight excluding hydrogens is 274 g/mol. The van der Waals surface area contributed by atoms with E-state index in [1.165, 1.54) is 24.0 Å². The highest BCUT2D eigenvalue weighted by atomic mass is 16.2. The second-order valence-electron chi connectivity index (χ2n) is 5.49. The maximum atomic E-state index is 11.0. The minimum Gasteiger partial charge on any atom is -0.350 e. The number of primary amides is 1. The van der Waals surface area contributed by atoms with Crippen molar-refractivity contribution >= 4 is 11.7 Å². The van der Waals surface area contributed by atoms with Gasteiger partial charge in [-0.1, -0.05) is 42.5 Å². The molecule has 0 aliphatic heterocycles. The molecule has 0 fully saturated rings. The summed E-state index contributed by atoms with van der Waals surface area (Å²) in [4.78, 5) is 11.0. The summed E-state index contributed by atoms with van der Waals surface area (Å²) in [6.07, 6.45) is 4.74.